The van der Waals surface area contributed by atoms with E-state index < -0.39 is 0 Å². The van der Waals surface area contributed by atoms with Crippen molar-refractivity contribution in [3.8, 4) is 17.2 Å². The molecule has 0 radical (unpaired) electrons. The quantitative estimate of drug-likeness (QED) is 0.502. The first-order chi connectivity index (χ1) is 15.9. The highest BCUT2D eigenvalue weighted by atomic mass is 16.7. The van der Waals surface area contributed by atoms with Crippen LogP contribution in [-0.2, 0) is 9.47 Å². The summed E-state index contributed by atoms with van der Waals surface area (Å²) >= 11 is 0. The van der Waals surface area contributed by atoms with Crippen LogP contribution in [0.5, 0.6) is 0 Å². The summed E-state index contributed by atoms with van der Waals surface area (Å²) in [6, 6.07) is 13.9. The van der Waals surface area contributed by atoms with Gasteiger partial charge in [0, 0.05) is 53.3 Å². The lowest BCUT2D eigenvalue weighted by Crippen LogP contribution is -2.35. The molecule has 0 atom stereocenters. The van der Waals surface area contributed by atoms with Crippen LogP contribution in [0.1, 0.15) is 62.3 Å². The summed E-state index contributed by atoms with van der Waals surface area (Å²) in [5.74, 6) is -0.361. The molecule has 2 aliphatic rings. The van der Waals surface area contributed by atoms with Gasteiger partial charge in [0.05, 0.1) is 24.8 Å². The minimum absolute atomic E-state index is 0.361. The van der Waals surface area contributed by atoms with Crippen LogP contribution in [0.4, 0.5) is 5.69 Å². The number of anilines is 1. The van der Waals surface area contributed by atoms with Gasteiger partial charge in [-0.3, -0.25) is 0 Å². The fourth-order valence-corrected chi connectivity index (χ4v) is 5.54. The van der Waals surface area contributed by atoms with E-state index in [1.54, 1.807) is 0 Å². The Balaban J connectivity index is 1.61. The van der Waals surface area contributed by atoms with Crippen LogP contribution in [0.15, 0.2) is 36.5 Å². The first-order valence-electron chi connectivity index (χ1n) is 12.1. The molecule has 1 saturated heterocycles. The summed E-state index contributed by atoms with van der Waals surface area (Å²) in [6.07, 6.45) is 6.21. The zero-order valence-electron chi connectivity index (χ0n) is 20.1. The smallest absolute Gasteiger partial charge is 0.168 e. The van der Waals surface area contributed by atoms with Gasteiger partial charge < -0.3 is 19.4 Å². The summed E-state index contributed by atoms with van der Waals surface area (Å²) in [4.78, 5) is 0. The lowest BCUT2D eigenvalue weighted by atomic mass is 9.89. The summed E-state index contributed by atoms with van der Waals surface area (Å²) in [5.41, 5.74) is 7.78. The van der Waals surface area contributed by atoms with E-state index in [1.165, 1.54) is 22.2 Å². The maximum Gasteiger partial charge on any atom is 0.168 e. The van der Waals surface area contributed by atoms with Crippen LogP contribution < -0.4 is 5.32 Å². The second-order valence-electron chi connectivity index (χ2n) is 9.86. The Hall–Kier alpha value is -2.81. The predicted octanol–water partition coefficient (Wildman–Crippen LogP) is 6.48. The SMILES string of the molecule is Cc1cc2c(cc1C#N)c(-c1cccc(NC(C)C)c1C)cn2C1CCC2(CC1)OCCO2. The molecule has 0 amide bonds. The molecule has 2 heterocycles. The van der Waals surface area contributed by atoms with Gasteiger partial charge in [-0.05, 0) is 75.4 Å². The van der Waals surface area contributed by atoms with Crippen LogP contribution >= 0.6 is 0 Å². The van der Waals surface area contributed by atoms with Gasteiger partial charge in [-0.25, -0.2) is 0 Å². The maximum atomic E-state index is 9.72. The first kappa shape index (κ1) is 22.0. The van der Waals surface area contributed by atoms with Crippen LogP contribution in [0, 0.1) is 25.2 Å². The van der Waals surface area contributed by atoms with Gasteiger partial charge in [0.25, 0.3) is 0 Å². The third kappa shape index (κ3) is 3.92. The Morgan fingerprint density at radius 3 is 2.48 bits per heavy atom. The second kappa shape index (κ2) is 8.52. The van der Waals surface area contributed by atoms with Crippen LogP contribution in [0.3, 0.4) is 0 Å². The number of ether oxygens (including phenoxy) is 2. The second-order valence-corrected chi connectivity index (χ2v) is 9.86. The number of nitrogens with zero attached hydrogens (tertiary/aromatic N) is 2. The predicted molar refractivity (Wildman–Crippen MR) is 132 cm³/mol. The molecule has 1 aliphatic heterocycles. The van der Waals surface area contributed by atoms with Gasteiger partial charge in [0.1, 0.15) is 0 Å². The lowest BCUT2D eigenvalue weighted by molar-refractivity contribution is -0.181. The van der Waals surface area contributed by atoms with E-state index >= 15 is 0 Å². The van der Waals surface area contributed by atoms with Gasteiger partial charge in [-0.2, -0.15) is 5.26 Å². The molecule has 1 N–H and O–H groups in total. The average Bonchev–Trinajstić information content (AvgIpc) is 3.40. The summed E-state index contributed by atoms with van der Waals surface area (Å²) in [5, 5.41) is 14.4. The Morgan fingerprint density at radius 1 is 1.09 bits per heavy atom. The monoisotopic (exact) mass is 443 g/mol. The Bertz CT molecular complexity index is 1220. The van der Waals surface area contributed by atoms with E-state index in [1.807, 2.05) is 6.92 Å². The molecule has 1 aromatic heterocycles. The number of nitriles is 1. The molecule has 2 fully saturated rings. The maximum absolute atomic E-state index is 9.72. The first-order valence-corrected chi connectivity index (χ1v) is 12.1. The molecule has 1 saturated carbocycles. The standard InChI is InChI=1S/C28H33N3O2/c1-18(2)30-26-7-5-6-23(20(26)4)25-17-31(27-14-19(3)21(16-29)15-24(25)27)22-8-10-28(11-9-22)32-12-13-33-28/h5-7,14-15,17-18,22,30H,8-13H2,1-4H3. The Kier molecular flexibility index (Phi) is 5.68. The van der Waals surface area contributed by atoms with E-state index in [0.717, 1.165) is 47.9 Å². The summed E-state index contributed by atoms with van der Waals surface area (Å²) in [6.45, 7) is 9.95. The number of rotatable bonds is 4. The van der Waals surface area contributed by atoms with Crippen molar-refractivity contribution in [3.05, 3.63) is 53.2 Å². The van der Waals surface area contributed by atoms with Gasteiger partial charge in [-0.1, -0.05) is 12.1 Å². The molecule has 33 heavy (non-hydrogen) atoms. The molecule has 5 nitrogen and oxygen atoms in total. The highest BCUT2D eigenvalue weighted by Crippen LogP contribution is 2.44. The van der Waals surface area contributed by atoms with Crippen molar-refractivity contribution < 1.29 is 9.47 Å². The molecule has 1 aliphatic carbocycles. The minimum atomic E-state index is -0.361. The Labute approximate surface area is 196 Å². The van der Waals surface area contributed by atoms with Crippen molar-refractivity contribution in [1.29, 1.82) is 5.26 Å². The van der Waals surface area contributed by atoms with Gasteiger partial charge in [0.2, 0.25) is 0 Å². The van der Waals surface area contributed by atoms with Crippen molar-refractivity contribution in [2.24, 2.45) is 0 Å². The van der Waals surface area contributed by atoms with E-state index in [2.05, 4.69) is 73.3 Å². The average molecular weight is 444 g/mol. The molecule has 2 aromatic carbocycles. The third-order valence-corrected chi connectivity index (χ3v) is 7.29. The van der Waals surface area contributed by atoms with Gasteiger partial charge in [-0.15, -0.1) is 0 Å². The molecule has 5 rings (SSSR count). The fourth-order valence-electron chi connectivity index (χ4n) is 5.54. The van der Waals surface area contributed by atoms with Crippen molar-refractivity contribution in [2.75, 3.05) is 18.5 Å². The molecule has 3 aromatic rings. The normalized spacial score (nSPS) is 18.3. The van der Waals surface area contributed by atoms with E-state index in [-0.39, 0.29) is 5.79 Å². The van der Waals surface area contributed by atoms with Crippen LogP contribution in [-0.4, -0.2) is 29.6 Å². The molecular formula is C28H33N3O2. The number of nitrogens with one attached hydrogen (secondary N) is 1. The molecule has 5 heteroatoms. The van der Waals surface area contributed by atoms with Crippen molar-refractivity contribution in [2.45, 2.75) is 71.2 Å². The fraction of sp³-hybridized carbons (Fsp3) is 0.464. The topological polar surface area (TPSA) is 59.2 Å². The largest absolute Gasteiger partial charge is 0.383 e. The molecule has 1 spiro atoms. The molecule has 0 bridgehead atoms. The van der Waals surface area contributed by atoms with E-state index in [4.69, 9.17) is 9.47 Å². The van der Waals surface area contributed by atoms with E-state index in [0.29, 0.717) is 25.3 Å². The minimum Gasteiger partial charge on any atom is -0.383 e. The Morgan fingerprint density at radius 2 is 1.82 bits per heavy atom. The van der Waals surface area contributed by atoms with E-state index in [9.17, 15) is 5.26 Å². The number of hydrogen-bond acceptors (Lipinski definition) is 4. The molecule has 0 unspecified atom stereocenters. The summed E-state index contributed by atoms with van der Waals surface area (Å²) in [7, 11) is 0. The zero-order valence-corrected chi connectivity index (χ0v) is 20.1. The highest BCUT2D eigenvalue weighted by Gasteiger charge is 2.41. The number of aromatic nitrogens is 1. The molecular weight excluding hydrogens is 410 g/mol. The van der Waals surface area contributed by atoms with Crippen molar-refractivity contribution >= 4 is 16.6 Å². The number of aryl methyl sites for hydroxylation is 1. The zero-order chi connectivity index (χ0) is 23.2. The van der Waals surface area contributed by atoms with Crippen molar-refractivity contribution in [1.82, 2.24) is 4.57 Å². The van der Waals surface area contributed by atoms with Gasteiger partial charge in [0.15, 0.2) is 5.79 Å². The van der Waals surface area contributed by atoms with Crippen LogP contribution in [0.25, 0.3) is 22.0 Å². The van der Waals surface area contributed by atoms with Gasteiger partial charge >= 0.3 is 0 Å². The number of fused-ring (bicyclic) bond motifs is 1. The third-order valence-electron chi connectivity index (χ3n) is 7.29. The summed E-state index contributed by atoms with van der Waals surface area (Å²) < 4.78 is 14.4. The van der Waals surface area contributed by atoms with Crippen molar-refractivity contribution in [3.63, 3.8) is 0 Å². The lowest BCUT2D eigenvalue weighted by Gasteiger charge is -2.36. The number of benzene rings is 2. The molecule has 172 valence electrons. The number of hydrogen-bond donors (Lipinski definition) is 1. The highest BCUT2D eigenvalue weighted by molar-refractivity contribution is 5.99. The van der Waals surface area contributed by atoms with Crippen LogP contribution in [0.2, 0.25) is 0 Å².